The molecule has 0 atom stereocenters. The second kappa shape index (κ2) is 3.35. The number of nitrogens with zero attached hydrogens (tertiary/aromatic N) is 3. The van der Waals surface area contributed by atoms with Crippen LogP contribution in [0.25, 0.3) is 11.0 Å². The van der Waals surface area contributed by atoms with Gasteiger partial charge < -0.3 is 0 Å². The van der Waals surface area contributed by atoms with Gasteiger partial charge in [-0.3, -0.25) is 0 Å². The van der Waals surface area contributed by atoms with Gasteiger partial charge >= 0.3 is 0 Å². The van der Waals surface area contributed by atoms with Crippen molar-refractivity contribution >= 4 is 27.0 Å². The van der Waals surface area contributed by atoms with Crippen LogP contribution in [0.2, 0.25) is 0 Å². The summed E-state index contributed by atoms with van der Waals surface area (Å²) in [6.07, 6.45) is 0. The SMILES string of the molecule is Cc1cc2nnn(C(C)C)c2cc1Br. The fourth-order valence-electron chi connectivity index (χ4n) is 1.45. The molecule has 0 unspecified atom stereocenters. The van der Waals surface area contributed by atoms with Gasteiger partial charge in [-0.1, -0.05) is 21.1 Å². The lowest BCUT2D eigenvalue weighted by Gasteiger charge is -2.05. The number of hydrogen-bond acceptors (Lipinski definition) is 2. The number of fused-ring (bicyclic) bond motifs is 1. The van der Waals surface area contributed by atoms with Gasteiger partial charge in [-0.05, 0) is 38.5 Å². The van der Waals surface area contributed by atoms with Gasteiger partial charge in [-0.25, -0.2) is 4.68 Å². The first-order valence-electron chi connectivity index (χ1n) is 4.60. The van der Waals surface area contributed by atoms with Crippen molar-refractivity contribution in [3.63, 3.8) is 0 Å². The summed E-state index contributed by atoms with van der Waals surface area (Å²) in [5.74, 6) is 0. The van der Waals surface area contributed by atoms with Crippen molar-refractivity contribution in [2.75, 3.05) is 0 Å². The zero-order valence-electron chi connectivity index (χ0n) is 8.45. The van der Waals surface area contributed by atoms with Crippen LogP contribution in [-0.2, 0) is 0 Å². The average Bonchev–Trinajstić information content (AvgIpc) is 2.48. The van der Waals surface area contributed by atoms with Crippen LogP contribution in [0.15, 0.2) is 16.6 Å². The standard InChI is InChI=1S/C10H12BrN3/c1-6(2)14-10-5-8(11)7(3)4-9(10)12-13-14/h4-6H,1-3H3. The quantitative estimate of drug-likeness (QED) is 0.782. The number of aromatic nitrogens is 3. The van der Waals surface area contributed by atoms with Gasteiger partial charge in [0.1, 0.15) is 5.52 Å². The van der Waals surface area contributed by atoms with Gasteiger partial charge in [-0.15, -0.1) is 5.10 Å². The molecule has 2 aromatic rings. The summed E-state index contributed by atoms with van der Waals surface area (Å²) >= 11 is 3.52. The molecule has 1 aromatic heterocycles. The largest absolute Gasteiger partial charge is 0.242 e. The van der Waals surface area contributed by atoms with Crippen LogP contribution in [0.5, 0.6) is 0 Å². The highest BCUT2D eigenvalue weighted by atomic mass is 79.9. The van der Waals surface area contributed by atoms with Crippen molar-refractivity contribution in [1.29, 1.82) is 0 Å². The van der Waals surface area contributed by atoms with Gasteiger partial charge in [0.25, 0.3) is 0 Å². The van der Waals surface area contributed by atoms with Crippen LogP contribution < -0.4 is 0 Å². The highest BCUT2D eigenvalue weighted by molar-refractivity contribution is 9.10. The van der Waals surface area contributed by atoms with Crippen LogP contribution in [0.1, 0.15) is 25.5 Å². The summed E-state index contributed by atoms with van der Waals surface area (Å²) in [7, 11) is 0. The van der Waals surface area contributed by atoms with E-state index in [1.54, 1.807) is 0 Å². The Labute approximate surface area is 91.2 Å². The fraction of sp³-hybridized carbons (Fsp3) is 0.400. The first-order chi connectivity index (χ1) is 6.59. The summed E-state index contributed by atoms with van der Waals surface area (Å²) < 4.78 is 3.04. The van der Waals surface area contributed by atoms with E-state index in [2.05, 4.69) is 53.1 Å². The number of benzene rings is 1. The van der Waals surface area contributed by atoms with Crippen molar-refractivity contribution in [3.8, 4) is 0 Å². The maximum Gasteiger partial charge on any atom is 0.113 e. The predicted molar refractivity (Wildman–Crippen MR) is 60.4 cm³/mol. The van der Waals surface area contributed by atoms with E-state index in [0.29, 0.717) is 6.04 Å². The van der Waals surface area contributed by atoms with Gasteiger partial charge in [0, 0.05) is 10.5 Å². The Hall–Kier alpha value is -0.900. The Morgan fingerprint density at radius 3 is 2.71 bits per heavy atom. The molecule has 0 bridgehead atoms. The van der Waals surface area contributed by atoms with E-state index in [9.17, 15) is 0 Å². The molecule has 14 heavy (non-hydrogen) atoms. The van der Waals surface area contributed by atoms with E-state index in [0.717, 1.165) is 15.5 Å². The molecule has 0 aliphatic carbocycles. The van der Waals surface area contributed by atoms with Crippen LogP contribution in [0.4, 0.5) is 0 Å². The van der Waals surface area contributed by atoms with Crippen LogP contribution in [0.3, 0.4) is 0 Å². The summed E-state index contributed by atoms with van der Waals surface area (Å²) in [5.41, 5.74) is 3.23. The lowest BCUT2D eigenvalue weighted by atomic mass is 10.2. The lowest BCUT2D eigenvalue weighted by Crippen LogP contribution is -2.02. The molecule has 2 rings (SSSR count). The Morgan fingerprint density at radius 1 is 1.36 bits per heavy atom. The average molecular weight is 254 g/mol. The molecule has 3 nitrogen and oxygen atoms in total. The second-order valence-corrected chi connectivity index (χ2v) is 4.57. The molecule has 0 radical (unpaired) electrons. The molecule has 0 saturated heterocycles. The van der Waals surface area contributed by atoms with E-state index < -0.39 is 0 Å². The third-order valence-corrected chi connectivity index (χ3v) is 3.09. The summed E-state index contributed by atoms with van der Waals surface area (Å²) in [6.45, 7) is 6.25. The molecule has 0 saturated carbocycles. The Balaban J connectivity index is 2.74. The highest BCUT2D eigenvalue weighted by Gasteiger charge is 2.08. The maximum absolute atomic E-state index is 4.13. The molecule has 4 heteroatoms. The van der Waals surface area contributed by atoms with Crippen LogP contribution >= 0.6 is 15.9 Å². The minimum Gasteiger partial charge on any atom is -0.242 e. The molecule has 74 valence electrons. The molecule has 1 aromatic carbocycles. The Bertz CT molecular complexity index is 473. The van der Waals surface area contributed by atoms with Crippen molar-refractivity contribution in [1.82, 2.24) is 15.0 Å². The molecular weight excluding hydrogens is 242 g/mol. The molecule has 0 spiro atoms. The first-order valence-corrected chi connectivity index (χ1v) is 5.40. The smallest absolute Gasteiger partial charge is 0.113 e. The third kappa shape index (κ3) is 1.43. The van der Waals surface area contributed by atoms with Gasteiger partial charge in [0.2, 0.25) is 0 Å². The normalized spacial score (nSPS) is 11.5. The second-order valence-electron chi connectivity index (χ2n) is 3.72. The van der Waals surface area contributed by atoms with Crippen molar-refractivity contribution < 1.29 is 0 Å². The molecule has 0 amide bonds. The Morgan fingerprint density at radius 2 is 2.07 bits per heavy atom. The van der Waals surface area contributed by atoms with Crippen molar-refractivity contribution in [2.24, 2.45) is 0 Å². The monoisotopic (exact) mass is 253 g/mol. The highest BCUT2D eigenvalue weighted by Crippen LogP contribution is 2.23. The lowest BCUT2D eigenvalue weighted by molar-refractivity contribution is 0.530. The predicted octanol–water partition coefficient (Wildman–Crippen LogP) is 3.08. The maximum atomic E-state index is 4.13. The summed E-state index contributed by atoms with van der Waals surface area (Å²) in [6, 6.07) is 4.46. The van der Waals surface area contributed by atoms with E-state index in [1.165, 1.54) is 5.56 Å². The summed E-state index contributed by atoms with van der Waals surface area (Å²) in [5, 5.41) is 8.26. The molecule has 1 heterocycles. The minimum absolute atomic E-state index is 0.342. The van der Waals surface area contributed by atoms with Crippen molar-refractivity contribution in [3.05, 3.63) is 22.2 Å². The van der Waals surface area contributed by atoms with Crippen molar-refractivity contribution in [2.45, 2.75) is 26.8 Å². The topological polar surface area (TPSA) is 30.7 Å². The molecule has 0 N–H and O–H groups in total. The van der Waals surface area contributed by atoms with E-state index in [1.807, 2.05) is 10.7 Å². The number of aryl methyl sites for hydroxylation is 1. The zero-order valence-corrected chi connectivity index (χ0v) is 10.0. The van der Waals surface area contributed by atoms with E-state index in [4.69, 9.17) is 0 Å². The molecule has 0 fully saturated rings. The number of hydrogen-bond donors (Lipinski definition) is 0. The fourth-order valence-corrected chi connectivity index (χ4v) is 1.78. The number of rotatable bonds is 1. The van der Waals surface area contributed by atoms with Crippen LogP contribution in [-0.4, -0.2) is 15.0 Å². The van der Waals surface area contributed by atoms with E-state index >= 15 is 0 Å². The minimum atomic E-state index is 0.342. The Kier molecular flexibility index (Phi) is 2.31. The summed E-state index contributed by atoms with van der Waals surface area (Å²) in [4.78, 5) is 0. The molecular formula is C10H12BrN3. The van der Waals surface area contributed by atoms with E-state index in [-0.39, 0.29) is 0 Å². The molecule has 0 aliphatic rings. The third-order valence-electron chi connectivity index (χ3n) is 2.24. The number of halogens is 1. The van der Waals surface area contributed by atoms with Gasteiger partial charge in [-0.2, -0.15) is 0 Å². The first kappa shape index (κ1) is 9.65. The van der Waals surface area contributed by atoms with Crippen LogP contribution in [0, 0.1) is 6.92 Å². The van der Waals surface area contributed by atoms with Gasteiger partial charge in [0.05, 0.1) is 5.52 Å². The van der Waals surface area contributed by atoms with Gasteiger partial charge in [0.15, 0.2) is 0 Å². The molecule has 0 aliphatic heterocycles. The zero-order chi connectivity index (χ0) is 10.3.